The van der Waals surface area contributed by atoms with Gasteiger partial charge in [0.05, 0.1) is 6.10 Å². The fourth-order valence-corrected chi connectivity index (χ4v) is 7.66. The van der Waals surface area contributed by atoms with Crippen LogP contribution in [0.2, 0.25) is 0 Å². The van der Waals surface area contributed by atoms with E-state index >= 15 is 0 Å². The lowest BCUT2D eigenvalue weighted by Crippen LogP contribution is -2.72. The quantitative estimate of drug-likeness (QED) is 0.510. The van der Waals surface area contributed by atoms with Crippen molar-refractivity contribution in [3.8, 4) is 0 Å². The second-order valence-corrected chi connectivity index (χ2v) is 13.2. The molecule has 33 heavy (non-hydrogen) atoms. The molecule has 0 aromatic rings. The number of nitrogens with one attached hydrogen (secondary N) is 1. The molecule has 188 valence electrons. The van der Waals surface area contributed by atoms with Crippen molar-refractivity contribution < 1.29 is 24.2 Å². The van der Waals surface area contributed by atoms with Gasteiger partial charge in [-0.15, -0.1) is 11.8 Å². The SMILES string of the molecule is CC[C@](O[C@@H]1C[C@@H](C)CC[C@@H]1C(C)C)(C(=O)N[C@@H]1C(=O)N2[C@@H]1SC(C)(C)[C@@H]2C(=O)O)C(C)C. The number of aliphatic carboxylic acids is 1. The summed E-state index contributed by atoms with van der Waals surface area (Å²) in [6.07, 6.45) is 3.74. The molecule has 2 saturated heterocycles. The van der Waals surface area contributed by atoms with Crippen LogP contribution < -0.4 is 5.32 Å². The van der Waals surface area contributed by atoms with E-state index < -0.39 is 28.4 Å². The van der Waals surface area contributed by atoms with Gasteiger partial charge in [0, 0.05) is 4.75 Å². The van der Waals surface area contributed by atoms with Crippen LogP contribution in [0, 0.1) is 23.7 Å². The number of hydrogen-bond acceptors (Lipinski definition) is 5. The summed E-state index contributed by atoms with van der Waals surface area (Å²) in [6.45, 7) is 16.3. The minimum Gasteiger partial charge on any atom is -0.480 e. The number of rotatable bonds is 8. The predicted molar refractivity (Wildman–Crippen MR) is 130 cm³/mol. The standard InChI is InChI=1S/C25H42N2O5S/c1-9-25(14(4)5,32-17-12-15(6)10-11-16(17)13(2)3)23(31)26-18-20(28)27-19(22(29)30)24(7,8)33-21(18)27/h13-19,21H,9-12H2,1-8H3,(H,26,31)(H,29,30)/t15-,16+,17+,18+,19-,21+,25+/m0/s1. The average Bonchev–Trinajstić information content (AvgIpc) is 2.97. The van der Waals surface area contributed by atoms with E-state index in [1.165, 1.54) is 23.1 Å². The molecule has 3 aliphatic rings. The number of amides is 2. The third-order valence-electron chi connectivity index (χ3n) is 8.13. The van der Waals surface area contributed by atoms with E-state index in [9.17, 15) is 19.5 Å². The van der Waals surface area contributed by atoms with Crippen molar-refractivity contribution in [2.24, 2.45) is 23.7 Å². The summed E-state index contributed by atoms with van der Waals surface area (Å²) in [5.41, 5.74) is -1.03. The summed E-state index contributed by atoms with van der Waals surface area (Å²) in [6, 6.07) is -1.61. The maximum atomic E-state index is 13.8. The van der Waals surface area contributed by atoms with Gasteiger partial charge in [0.1, 0.15) is 23.1 Å². The monoisotopic (exact) mass is 482 g/mol. The van der Waals surface area contributed by atoms with Crippen LogP contribution in [0.3, 0.4) is 0 Å². The number of carbonyl (C=O) groups excluding carboxylic acids is 2. The number of nitrogens with zero attached hydrogens (tertiary/aromatic N) is 1. The van der Waals surface area contributed by atoms with Gasteiger partial charge in [-0.1, -0.05) is 48.0 Å². The molecule has 7 atom stereocenters. The van der Waals surface area contributed by atoms with Gasteiger partial charge < -0.3 is 20.1 Å². The first kappa shape index (κ1) is 26.3. The van der Waals surface area contributed by atoms with Gasteiger partial charge in [-0.05, 0) is 56.8 Å². The van der Waals surface area contributed by atoms with Crippen LogP contribution in [-0.2, 0) is 19.1 Å². The summed E-state index contributed by atoms with van der Waals surface area (Å²) in [4.78, 5) is 39.9. The molecule has 7 nitrogen and oxygen atoms in total. The van der Waals surface area contributed by atoms with Crippen LogP contribution in [0.5, 0.6) is 0 Å². The molecule has 0 spiro atoms. The summed E-state index contributed by atoms with van der Waals surface area (Å²) in [7, 11) is 0. The van der Waals surface area contributed by atoms with Crippen LogP contribution >= 0.6 is 11.8 Å². The molecule has 3 rings (SSSR count). The Bertz CT molecular complexity index is 785. The van der Waals surface area contributed by atoms with E-state index in [1.807, 2.05) is 34.6 Å². The van der Waals surface area contributed by atoms with Crippen LogP contribution in [0.15, 0.2) is 0 Å². The predicted octanol–water partition coefficient (Wildman–Crippen LogP) is 3.90. The number of fused-ring (bicyclic) bond motifs is 1. The van der Waals surface area contributed by atoms with Gasteiger partial charge in [0.25, 0.3) is 5.91 Å². The smallest absolute Gasteiger partial charge is 0.327 e. The van der Waals surface area contributed by atoms with Gasteiger partial charge in [-0.25, -0.2) is 4.79 Å². The van der Waals surface area contributed by atoms with E-state index in [2.05, 4.69) is 26.1 Å². The Morgan fingerprint density at radius 1 is 1.27 bits per heavy atom. The van der Waals surface area contributed by atoms with Crippen molar-refractivity contribution in [2.45, 2.75) is 115 Å². The zero-order chi connectivity index (χ0) is 24.9. The Hall–Kier alpha value is -1.28. The molecule has 3 fully saturated rings. The second kappa shape index (κ2) is 9.40. The Morgan fingerprint density at radius 3 is 2.42 bits per heavy atom. The summed E-state index contributed by atoms with van der Waals surface area (Å²) < 4.78 is 6.15. The van der Waals surface area contributed by atoms with Crippen molar-refractivity contribution in [2.75, 3.05) is 0 Å². The maximum absolute atomic E-state index is 13.8. The van der Waals surface area contributed by atoms with E-state index in [-0.39, 0.29) is 29.2 Å². The first-order chi connectivity index (χ1) is 15.3. The Kier molecular flexibility index (Phi) is 7.50. The lowest BCUT2D eigenvalue weighted by molar-refractivity contribution is -0.184. The Labute approximate surface area is 202 Å². The number of thioether (sulfide) groups is 1. The molecular weight excluding hydrogens is 440 g/mol. The van der Waals surface area contributed by atoms with E-state index in [1.54, 1.807) is 0 Å². The first-order valence-electron chi connectivity index (χ1n) is 12.5. The zero-order valence-electron chi connectivity index (χ0n) is 21.4. The molecule has 0 aromatic carbocycles. The van der Waals surface area contributed by atoms with Crippen molar-refractivity contribution >= 4 is 29.5 Å². The minimum atomic E-state index is -1.03. The highest BCUT2D eigenvalue weighted by Crippen LogP contribution is 2.51. The molecule has 2 aliphatic heterocycles. The van der Waals surface area contributed by atoms with Crippen LogP contribution in [-0.4, -0.2) is 61.7 Å². The Morgan fingerprint density at radius 2 is 1.91 bits per heavy atom. The second-order valence-electron chi connectivity index (χ2n) is 11.4. The van der Waals surface area contributed by atoms with Gasteiger partial charge in [0.15, 0.2) is 0 Å². The number of carboxylic acids is 1. The highest BCUT2D eigenvalue weighted by molar-refractivity contribution is 8.01. The largest absolute Gasteiger partial charge is 0.480 e. The maximum Gasteiger partial charge on any atom is 0.327 e. The number of carboxylic acid groups (broad SMARTS) is 1. The van der Waals surface area contributed by atoms with Gasteiger partial charge in [0.2, 0.25) is 5.91 Å². The van der Waals surface area contributed by atoms with Crippen molar-refractivity contribution in [1.82, 2.24) is 10.2 Å². The van der Waals surface area contributed by atoms with Crippen LogP contribution in [0.4, 0.5) is 0 Å². The molecule has 0 radical (unpaired) electrons. The molecule has 2 heterocycles. The summed E-state index contributed by atoms with van der Waals surface area (Å²) >= 11 is 1.44. The molecule has 8 heteroatoms. The lowest BCUT2D eigenvalue weighted by Gasteiger charge is -2.47. The minimum absolute atomic E-state index is 0.00613. The number of hydrogen-bond donors (Lipinski definition) is 2. The molecule has 1 saturated carbocycles. The molecule has 0 bridgehead atoms. The van der Waals surface area contributed by atoms with Crippen LogP contribution in [0.25, 0.3) is 0 Å². The van der Waals surface area contributed by atoms with E-state index in [0.29, 0.717) is 24.2 Å². The molecule has 0 aromatic heterocycles. The molecule has 2 N–H and O–H groups in total. The van der Waals surface area contributed by atoms with E-state index in [4.69, 9.17) is 4.74 Å². The van der Waals surface area contributed by atoms with Gasteiger partial charge >= 0.3 is 5.97 Å². The normalized spacial score (nSPS) is 35.2. The van der Waals surface area contributed by atoms with E-state index in [0.717, 1.165) is 12.8 Å². The third-order valence-corrected chi connectivity index (χ3v) is 9.70. The fourth-order valence-electron chi connectivity index (χ4n) is 6.03. The number of ether oxygens (including phenoxy) is 1. The molecule has 1 aliphatic carbocycles. The average molecular weight is 483 g/mol. The number of carbonyl (C=O) groups is 3. The van der Waals surface area contributed by atoms with Gasteiger partial charge in [-0.2, -0.15) is 0 Å². The van der Waals surface area contributed by atoms with Crippen molar-refractivity contribution in [1.29, 1.82) is 0 Å². The summed E-state index contributed by atoms with van der Waals surface area (Å²) in [5, 5.41) is 12.3. The third kappa shape index (κ3) is 4.54. The molecular formula is C25H42N2O5S. The van der Waals surface area contributed by atoms with Gasteiger partial charge in [-0.3, -0.25) is 9.59 Å². The summed E-state index contributed by atoms with van der Waals surface area (Å²) in [5.74, 6) is -0.219. The Balaban J connectivity index is 1.81. The molecule has 0 unspecified atom stereocenters. The number of β-lactam (4-membered cyclic amide) rings is 1. The molecule has 2 amide bonds. The lowest BCUT2D eigenvalue weighted by atomic mass is 9.74. The highest BCUT2D eigenvalue weighted by atomic mass is 32.2. The first-order valence-corrected chi connectivity index (χ1v) is 13.4. The fraction of sp³-hybridized carbons (Fsp3) is 0.880. The zero-order valence-corrected chi connectivity index (χ0v) is 22.2. The topological polar surface area (TPSA) is 95.9 Å². The highest BCUT2D eigenvalue weighted by Gasteiger charge is 2.64. The van der Waals surface area contributed by atoms with Crippen molar-refractivity contribution in [3.05, 3.63) is 0 Å². The van der Waals surface area contributed by atoms with Crippen LogP contribution in [0.1, 0.15) is 81.1 Å². The van der Waals surface area contributed by atoms with Crippen molar-refractivity contribution in [3.63, 3.8) is 0 Å².